The van der Waals surface area contributed by atoms with Gasteiger partial charge in [0.1, 0.15) is 5.76 Å². The number of piperazine rings is 1. The standard InChI is InChI=1S/C33H39F3N6O3/c1-20-15-40(31(44)29-22(3)45-30(37-29)24-8-7-9-26(14-24)33(34,35)36)16-21(2)42(20)18-27-17-41(39-38-27)19-28(43)23-10-12-25(13-11-23)32(4,5)6/h7-14,17,20-21,28,43H,15-16,18-19H2,1-6H3/t20-,21+,28?. The van der Waals surface area contributed by atoms with Crippen molar-refractivity contribution in [2.75, 3.05) is 13.1 Å². The van der Waals surface area contributed by atoms with Crippen LogP contribution in [-0.2, 0) is 24.7 Å². The normalized spacial score (nSPS) is 18.8. The number of hydrogen-bond donors (Lipinski definition) is 1. The molecule has 0 spiro atoms. The minimum absolute atomic E-state index is 0.0232. The van der Waals surface area contributed by atoms with E-state index in [1.165, 1.54) is 17.7 Å². The molecule has 1 fully saturated rings. The molecule has 0 saturated carbocycles. The van der Waals surface area contributed by atoms with Crippen molar-refractivity contribution in [2.24, 2.45) is 0 Å². The van der Waals surface area contributed by atoms with Crippen LogP contribution >= 0.6 is 0 Å². The summed E-state index contributed by atoms with van der Waals surface area (Å²) in [6.45, 7) is 13.7. The predicted octanol–water partition coefficient (Wildman–Crippen LogP) is 6.03. The Balaban J connectivity index is 1.21. The number of rotatable bonds is 7. The smallest absolute Gasteiger partial charge is 0.416 e. The second-order valence-electron chi connectivity index (χ2n) is 12.9. The van der Waals surface area contributed by atoms with Gasteiger partial charge in [0.25, 0.3) is 5.91 Å². The van der Waals surface area contributed by atoms with Crippen molar-refractivity contribution < 1.29 is 27.5 Å². The zero-order chi connectivity index (χ0) is 32.7. The molecule has 45 heavy (non-hydrogen) atoms. The van der Waals surface area contributed by atoms with E-state index < -0.39 is 17.8 Å². The molecule has 1 saturated heterocycles. The van der Waals surface area contributed by atoms with Crippen LogP contribution in [-0.4, -0.2) is 66.0 Å². The van der Waals surface area contributed by atoms with E-state index in [1.54, 1.807) is 16.5 Å². The van der Waals surface area contributed by atoms with Gasteiger partial charge in [-0.3, -0.25) is 9.69 Å². The molecule has 0 radical (unpaired) electrons. The number of halogens is 3. The summed E-state index contributed by atoms with van der Waals surface area (Å²) < 4.78 is 46.9. The molecule has 9 nitrogen and oxygen atoms in total. The van der Waals surface area contributed by atoms with Crippen LogP contribution in [0.25, 0.3) is 11.5 Å². The highest BCUT2D eigenvalue weighted by atomic mass is 19.4. The Labute approximate surface area is 260 Å². The van der Waals surface area contributed by atoms with E-state index in [2.05, 4.69) is 41.0 Å². The number of hydrogen-bond acceptors (Lipinski definition) is 7. The first kappa shape index (κ1) is 32.4. The van der Waals surface area contributed by atoms with Crippen LogP contribution in [0.5, 0.6) is 0 Å². The second-order valence-corrected chi connectivity index (χ2v) is 12.9. The minimum Gasteiger partial charge on any atom is -0.441 e. The van der Waals surface area contributed by atoms with Crippen molar-refractivity contribution in [3.05, 3.63) is 88.6 Å². The molecule has 1 aliphatic rings. The van der Waals surface area contributed by atoms with Gasteiger partial charge >= 0.3 is 6.18 Å². The first-order valence-electron chi connectivity index (χ1n) is 15.0. The van der Waals surface area contributed by atoms with Crippen molar-refractivity contribution in [2.45, 2.75) is 84.4 Å². The lowest BCUT2D eigenvalue weighted by molar-refractivity contribution is -0.137. The molecule has 2 aromatic heterocycles. The third-order valence-corrected chi connectivity index (χ3v) is 8.28. The first-order valence-corrected chi connectivity index (χ1v) is 15.0. The molecule has 1 amide bonds. The summed E-state index contributed by atoms with van der Waals surface area (Å²) in [6, 6.07) is 12.6. The minimum atomic E-state index is -4.50. The molecule has 1 unspecified atom stereocenters. The number of oxazole rings is 1. The van der Waals surface area contributed by atoms with Gasteiger partial charge in [-0.25, -0.2) is 9.67 Å². The van der Waals surface area contributed by atoms with Crippen molar-refractivity contribution in [3.63, 3.8) is 0 Å². The molecule has 0 aliphatic carbocycles. The molecule has 12 heteroatoms. The third kappa shape index (κ3) is 7.28. The predicted molar refractivity (Wildman–Crippen MR) is 162 cm³/mol. The largest absolute Gasteiger partial charge is 0.441 e. The number of aliphatic hydroxyl groups is 1. The van der Waals surface area contributed by atoms with Crippen molar-refractivity contribution in [1.29, 1.82) is 0 Å². The molecule has 2 aromatic carbocycles. The molecule has 240 valence electrons. The Morgan fingerprint density at radius 2 is 1.71 bits per heavy atom. The van der Waals surface area contributed by atoms with E-state index in [0.29, 0.717) is 19.6 Å². The lowest BCUT2D eigenvalue weighted by Crippen LogP contribution is -2.57. The molecular formula is C33H39F3N6O3. The number of carbonyl (C=O) groups is 1. The van der Waals surface area contributed by atoms with Crippen LogP contribution in [0.1, 0.15) is 79.4 Å². The summed E-state index contributed by atoms with van der Waals surface area (Å²) in [4.78, 5) is 21.7. The summed E-state index contributed by atoms with van der Waals surface area (Å²) in [6.07, 6.45) is -3.40. The van der Waals surface area contributed by atoms with E-state index in [9.17, 15) is 23.1 Å². The zero-order valence-electron chi connectivity index (χ0n) is 26.3. The van der Waals surface area contributed by atoms with E-state index in [0.717, 1.165) is 23.4 Å². The van der Waals surface area contributed by atoms with Crippen molar-refractivity contribution in [3.8, 4) is 11.5 Å². The Kier molecular flexibility index (Phi) is 8.92. The Morgan fingerprint density at radius 1 is 1.04 bits per heavy atom. The number of aryl methyl sites for hydroxylation is 1. The molecule has 1 N–H and O–H groups in total. The average molecular weight is 625 g/mol. The molecule has 3 heterocycles. The van der Waals surface area contributed by atoms with Crippen LogP contribution in [0.4, 0.5) is 13.2 Å². The van der Waals surface area contributed by atoms with E-state index >= 15 is 0 Å². The van der Waals surface area contributed by atoms with E-state index in [4.69, 9.17) is 4.42 Å². The number of carbonyl (C=O) groups excluding carboxylic acids is 1. The lowest BCUT2D eigenvalue weighted by atomic mass is 9.86. The van der Waals surface area contributed by atoms with Gasteiger partial charge in [0.05, 0.1) is 23.9 Å². The highest BCUT2D eigenvalue weighted by molar-refractivity contribution is 5.94. The average Bonchev–Trinajstić information content (AvgIpc) is 3.59. The fourth-order valence-electron chi connectivity index (χ4n) is 5.71. The van der Waals surface area contributed by atoms with Crippen LogP contribution in [0.15, 0.2) is 59.1 Å². The topological polar surface area (TPSA) is 101 Å². The van der Waals surface area contributed by atoms with Crippen molar-refractivity contribution >= 4 is 5.91 Å². The van der Waals surface area contributed by atoms with Crippen LogP contribution < -0.4 is 0 Å². The van der Waals surface area contributed by atoms with Gasteiger partial charge in [-0.1, -0.05) is 56.3 Å². The van der Waals surface area contributed by atoms with E-state index in [-0.39, 0.29) is 52.9 Å². The molecular weight excluding hydrogens is 585 g/mol. The van der Waals surface area contributed by atoms with Crippen molar-refractivity contribution in [1.82, 2.24) is 29.8 Å². The molecule has 5 rings (SSSR count). The SMILES string of the molecule is Cc1oc(-c2cccc(C(F)(F)F)c2)nc1C(=O)N1C[C@@H](C)N(Cc2cn(CC(O)c3ccc(C(C)(C)C)cc3)nn2)[C@@H](C)C1. The van der Waals surface area contributed by atoms with Gasteiger partial charge in [-0.05, 0) is 55.5 Å². The highest BCUT2D eigenvalue weighted by Crippen LogP contribution is 2.33. The molecule has 0 bridgehead atoms. The quantitative estimate of drug-likeness (QED) is 0.268. The van der Waals surface area contributed by atoms with Gasteiger partial charge in [0.2, 0.25) is 5.89 Å². The van der Waals surface area contributed by atoms with Gasteiger partial charge < -0.3 is 14.4 Å². The fourth-order valence-corrected chi connectivity index (χ4v) is 5.71. The zero-order valence-corrected chi connectivity index (χ0v) is 26.3. The van der Waals surface area contributed by atoms with Gasteiger partial charge in [0, 0.05) is 43.5 Å². The second kappa shape index (κ2) is 12.4. The lowest BCUT2D eigenvalue weighted by Gasteiger charge is -2.44. The monoisotopic (exact) mass is 624 g/mol. The summed E-state index contributed by atoms with van der Waals surface area (Å²) >= 11 is 0. The third-order valence-electron chi connectivity index (χ3n) is 8.28. The fraction of sp³-hybridized carbons (Fsp3) is 0.455. The maximum absolute atomic E-state index is 13.5. The first-order chi connectivity index (χ1) is 21.1. The summed E-state index contributed by atoms with van der Waals surface area (Å²) in [7, 11) is 0. The number of aliphatic hydroxyl groups excluding tert-OH is 1. The van der Waals surface area contributed by atoms with Crippen LogP contribution in [0.2, 0.25) is 0 Å². The summed E-state index contributed by atoms with van der Waals surface area (Å²) in [5, 5.41) is 19.3. The Morgan fingerprint density at radius 3 is 2.33 bits per heavy atom. The van der Waals surface area contributed by atoms with Gasteiger partial charge in [-0.2, -0.15) is 13.2 Å². The van der Waals surface area contributed by atoms with Gasteiger partial charge in [-0.15, -0.1) is 5.10 Å². The molecule has 3 atom stereocenters. The van der Waals surface area contributed by atoms with Crippen LogP contribution in [0, 0.1) is 6.92 Å². The number of nitrogens with zero attached hydrogens (tertiary/aromatic N) is 6. The summed E-state index contributed by atoms with van der Waals surface area (Å²) in [5.74, 6) is -0.112. The number of alkyl halides is 3. The van der Waals surface area contributed by atoms with E-state index in [1.807, 2.05) is 44.3 Å². The molecule has 4 aromatic rings. The van der Waals surface area contributed by atoms with Crippen LogP contribution in [0.3, 0.4) is 0 Å². The maximum Gasteiger partial charge on any atom is 0.416 e. The molecule has 1 aliphatic heterocycles. The maximum atomic E-state index is 13.5. The Bertz CT molecular complexity index is 1630. The number of benzene rings is 2. The van der Waals surface area contributed by atoms with Gasteiger partial charge in [0.15, 0.2) is 5.69 Å². The summed E-state index contributed by atoms with van der Waals surface area (Å²) in [5.41, 5.74) is 2.22. The highest BCUT2D eigenvalue weighted by Gasteiger charge is 2.35. The Hall–Kier alpha value is -4.03. The number of amides is 1. The number of aromatic nitrogens is 4.